The fourth-order valence-electron chi connectivity index (χ4n) is 2.89. The van der Waals surface area contributed by atoms with Gasteiger partial charge in [0.25, 0.3) is 0 Å². The lowest BCUT2D eigenvalue weighted by atomic mass is 9.97. The van der Waals surface area contributed by atoms with E-state index in [9.17, 15) is 14.4 Å². The molecule has 0 aromatic heterocycles. The van der Waals surface area contributed by atoms with Crippen LogP contribution in [-0.2, 0) is 14.4 Å². The van der Waals surface area contributed by atoms with Crippen molar-refractivity contribution in [1.82, 2.24) is 15.1 Å². The second kappa shape index (κ2) is 6.95. The van der Waals surface area contributed by atoms with E-state index in [0.717, 1.165) is 19.4 Å². The Kier molecular flexibility index (Phi) is 4.94. The highest BCUT2D eigenvalue weighted by Gasteiger charge is 2.30. The van der Waals surface area contributed by atoms with Gasteiger partial charge in [-0.2, -0.15) is 0 Å². The Balaban J connectivity index is 1.54. The smallest absolute Gasteiger partial charge is 0.249 e. The van der Waals surface area contributed by atoms with Gasteiger partial charge in [0, 0.05) is 32.8 Å². The molecule has 3 rings (SSSR count). The average molecular weight is 337 g/mol. The summed E-state index contributed by atoms with van der Waals surface area (Å²) < 4.78 is 0. The fraction of sp³-hybridized carbons (Fsp3) is 0.688. The van der Waals surface area contributed by atoms with E-state index >= 15 is 0 Å². The van der Waals surface area contributed by atoms with E-state index in [-0.39, 0.29) is 23.6 Å². The Morgan fingerprint density at radius 2 is 2.13 bits per heavy atom. The third kappa shape index (κ3) is 4.07. The summed E-state index contributed by atoms with van der Waals surface area (Å²) in [6, 6.07) is 0. The van der Waals surface area contributed by atoms with Crippen LogP contribution in [0.15, 0.2) is 11.1 Å². The van der Waals surface area contributed by atoms with Crippen LogP contribution in [0.25, 0.3) is 0 Å². The number of carbonyl (C=O) groups is 3. The molecule has 2 heterocycles. The second-order valence-electron chi connectivity index (χ2n) is 6.54. The summed E-state index contributed by atoms with van der Waals surface area (Å²) in [6.45, 7) is 1.93. The molecular weight excluding hydrogens is 314 g/mol. The van der Waals surface area contributed by atoms with E-state index in [2.05, 4.69) is 5.32 Å². The van der Waals surface area contributed by atoms with Gasteiger partial charge in [-0.1, -0.05) is 11.8 Å². The first-order valence-corrected chi connectivity index (χ1v) is 9.21. The molecule has 2 saturated heterocycles. The van der Waals surface area contributed by atoms with Crippen LogP contribution >= 0.6 is 11.8 Å². The molecule has 1 aliphatic carbocycles. The summed E-state index contributed by atoms with van der Waals surface area (Å²) in [5.74, 6) is 0.934. The van der Waals surface area contributed by atoms with E-state index < -0.39 is 0 Å². The van der Waals surface area contributed by atoms with Crippen LogP contribution in [0.4, 0.5) is 0 Å². The van der Waals surface area contributed by atoms with Gasteiger partial charge in [-0.05, 0) is 31.6 Å². The minimum absolute atomic E-state index is 0.0185. The molecule has 2 aliphatic heterocycles. The molecule has 23 heavy (non-hydrogen) atoms. The predicted octanol–water partition coefficient (Wildman–Crippen LogP) is 0.798. The van der Waals surface area contributed by atoms with Gasteiger partial charge in [-0.25, -0.2) is 0 Å². The van der Waals surface area contributed by atoms with Crippen molar-refractivity contribution >= 4 is 29.5 Å². The van der Waals surface area contributed by atoms with Gasteiger partial charge in [-0.3, -0.25) is 14.4 Å². The number of thioether (sulfide) groups is 1. The maximum Gasteiger partial charge on any atom is 0.249 e. The molecule has 0 spiro atoms. The van der Waals surface area contributed by atoms with Crippen molar-refractivity contribution in [2.75, 3.05) is 32.4 Å². The highest BCUT2D eigenvalue weighted by molar-refractivity contribution is 8.04. The van der Waals surface area contributed by atoms with Gasteiger partial charge in [0.05, 0.1) is 16.7 Å². The van der Waals surface area contributed by atoms with Crippen LogP contribution in [0.1, 0.15) is 25.7 Å². The van der Waals surface area contributed by atoms with E-state index in [0.29, 0.717) is 29.8 Å². The number of rotatable bonds is 4. The quantitative estimate of drug-likeness (QED) is 0.771. The molecule has 1 unspecified atom stereocenters. The van der Waals surface area contributed by atoms with Crippen molar-refractivity contribution in [1.29, 1.82) is 0 Å². The Morgan fingerprint density at radius 1 is 1.35 bits per heavy atom. The summed E-state index contributed by atoms with van der Waals surface area (Å²) in [7, 11) is 1.69. The molecule has 3 aliphatic rings. The van der Waals surface area contributed by atoms with Gasteiger partial charge in [-0.15, -0.1) is 0 Å². The zero-order chi connectivity index (χ0) is 16.4. The number of piperidine rings is 1. The fourth-order valence-corrected chi connectivity index (χ4v) is 3.83. The molecule has 126 valence electrons. The first-order chi connectivity index (χ1) is 11.0. The summed E-state index contributed by atoms with van der Waals surface area (Å²) >= 11 is 1.39. The Bertz CT molecular complexity index is 545. The molecule has 0 aromatic carbocycles. The highest BCUT2D eigenvalue weighted by atomic mass is 32.2. The lowest BCUT2D eigenvalue weighted by Crippen LogP contribution is -2.45. The second-order valence-corrected chi connectivity index (χ2v) is 7.53. The van der Waals surface area contributed by atoms with Crippen molar-refractivity contribution in [3.05, 3.63) is 11.1 Å². The molecular formula is C16H23N3O3S. The molecule has 0 aromatic rings. The van der Waals surface area contributed by atoms with Gasteiger partial charge >= 0.3 is 0 Å². The number of hydrogen-bond acceptors (Lipinski definition) is 4. The van der Waals surface area contributed by atoms with Gasteiger partial charge < -0.3 is 15.1 Å². The minimum Gasteiger partial charge on any atom is -0.356 e. The lowest BCUT2D eigenvalue weighted by molar-refractivity contribution is -0.132. The van der Waals surface area contributed by atoms with Crippen molar-refractivity contribution in [2.45, 2.75) is 25.7 Å². The normalized spacial score (nSPS) is 26.7. The van der Waals surface area contributed by atoms with Crippen LogP contribution in [0.5, 0.6) is 0 Å². The topological polar surface area (TPSA) is 69.7 Å². The molecule has 0 bridgehead atoms. The van der Waals surface area contributed by atoms with Crippen molar-refractivity contribution < 1.29 is 14.4 Å². The van der Waals surface area contributed by atoms with E-state index in [1.165, 1.54) is 35.6 Å². The van der Waals surface area contributed by atoms with Gasteiger partial charge in [0.2, 0.25) is 17.7 Å². The maximum atomic E-state index is 12.4. The number of hydrogen-bond donors (Lipinski definition) is 1. The number of nitrogens with zero attached hydrogens (tertiary/aromatic N) is 2. The Hall–Kier alpha value is -1.50. The molecule has 0 radical (unpaired) electrons. The molecule has 1 atom stereocenters. The maximum absolute atomic E-state index is 12.4. The van der Waals surface area contributed by atoms with Crippen LogP contribution in [0.3, 0.4) is 0 Å². The predicted molar refractivity (Wildman–Crippen MR) is 88.3 cm³/mol. The number of carbonyl (C=O) groups excluding carboxylic acids is 3. The number of likely N-dealkylation sites (tertiary alicyclic amines) is 1. The van der Waals surface area contributed by atoms with E-state index in [1.54, 1.807) is 11.9 Å². The van der Waals surface area contributed by atoms with Crippen molar-refractivity contribution in [3.63, 3.8) is 0 Å². The molecule has 7 heteroatoms. The third-order valence-corrected chi connectivity index (χ3v) is 5.74. The monoisotopic (exact) mass is 337 g/mol. The first-order valence-electron chi connectivity index (χ1n) is 8.22. The molecule has 1 saturated carbocycles. The van der Waals surface area contributed by atoms with Crippen molar-refractivity contribution in [3.8, 4) is 0 Å². The van der Waals surface area contributed by atoms with Gasteiger partial charge in [0.1, 0.15) is 0 Å². The molecule has 6 nitrogen and oxygen atoms in total. The average Bonchev–Trinajstić information content (AvgIpc) is 3.34. The highest BCUT2D eigenvalue weighted by Crippen LogP contribution is 2.29. The van der Waals surface area contributed by atoms with E-state index in [4.69, 9.17) is 0 Å². The first kappa shape index (κ1) is 16.4. The summed E-state index contributed by atoms with van der Waals surface area (Å²) in [4.78, 5) is 39.4. The van der Waals surface area contributed by atoms with Crippen molar-refractivity contribution in [2.24, 2.45) is 11.8 Å². The minimum atomic E-state index is -0.111. The standard InChI is InChI=1S/C16H23N3O3S/c1-18-14(21)10-23-15(18)7-13(20)19-6-2-3-12(9-19)16(22)17-8-11-4-5-11/h7,11-12H,2-6,8-10H2,1H3,(H,17,22). The van der Waals surface area contributed by atoms with Crippen LogP contribution in [-0.4, -0.2) is 60.0 Å². The van der Waals surface area contributed by atoms with Crippen LogP contribution in [0, 0.1) is 11.8 Å². The lowest BCUT2D eigenvalue weighted by Gasteiger charge is -2.31. The zero-order valence-electron chi connectivity index (χ0n) is 13.4. The SMILES string of the molecule is CN1C(=O)CSC1=CC(=O)N1CCCC(C(=O)NCC2CC2)C1. The number of nitrogens with one attached hydrogen (secondary N) is 1. The summed E-state index contributed by atoms with van der Waals surface area (Å²) in [5.41, 5.74) is 0. The molecule has 3 amide bonds. The molecule has 3 fully saturated rings. The molecule has 1 N–H and O–H groups in total. The van der Waals surface area contributed by atoms with Gasteiger partial charge in [0.15, 0.2) is 0 Å². The summed E-state index contributed by atoms with van der Waals surface area (Å²) in [5, 5.41) is 3.71. The summed E-state index contributed by atoms with van der Waals surface area (Å²) in [6.07, 6.45) is 5.64. The Labute approximate surface area is 140 Å². The zero-order valence-corrected chi connectivity index (χ0v) is 14.2. The largest absolute Gasteiger partial charge is 0.356 e. The Morgan fingerprint density at radius 3 is 2.78 bits per heavy atom. The van der Waals surface area contributed by atoms with Crippen LogP contribution in [0.2, 0.25) is 0 Å². The third-order valence-electron chi connectivity index (χ3n) is 4.66. The van der Waals surface area contributed by atoms with E-state index in [1.807, 2.05) is 0 Å². The number of amides is 3. The van der Waals surface area contributed by atoms with Crippen LogP contribution < -0.4 is 5.32 Å².